The van der Waals surface area contributed by atoms with E-state index in [2.05, 4.69) is 17.6 Å². The molecule has 72 valence electrons. The van der Waals surface area contributed by atoms with Crippen molar-refractivity contribution < 1.29 is 0 Å². The lowest BCUT2D eigenvalue weighted by molar-refractivity contribution is 1.14. The van der Waals surface area contributed by atoms with Gasteiger partial charge in [0.15, 0.2) is 11.3 Å². The van der Waals surface area contributed by atoms with E-state index < -0.39 is 0 Å². The summed E-state index contributed by atoms with van der Waals surface area (Å²) >= 11 is 4.87. The molecule has 1 aromatic carbocycles. The summed E-state index contributed by atoms with van der Waals surface area (Å²) in [7, 11) is 0. The Morgan fingerprint density at radius 2 is 2.36 bits per heavy atom. The van der Waals surface area contributed by atoms with Gasteiger partial charge < -0.3 is 5.32 Å². The molecular formula is C10H11N3S. The van der Waals surface area contributed by atoms with Crippen LogP contribution in [-0.4, -0.2) is 5.11 Å². The van der Waals surface area contributed by atoms with E-state index in [1.54, 1.807) is 6.19 Å². The lowest BCUT2D eigenvalue weighted by atomic mass is 10.1. The molecule has 0 saturated heterocycles. The van der Waals surface area contributed by atoms with Gasteiger partial charge in [-0.05, 0) is 36.3 Å². The third-order valence-corrected chi connectivity index (χ3v) is 1.97. The van der Waals surface area contributed by atoms with Crippen molar-refractivity contribution in [3.8, 4) is 6.19 Å². The minimum absolute atomic E-state index is 0.320. The molecule has 0 atom stereocenters. The van der Waals surface area contributed by atoms with E-state index in [9.17, 15) is 0 Å². The minimum atomic E-state index is 0.320. The second-order valence-corrected chi connectivity index (χ2v) is 3.15. The molecule has 0 aliphatic rings. The zero-order chi connectivity index (χ0) is 10.4. The Morgan fingerprint density at radius 1 is 1.57 bits per heavy atom. The maximum Gasteiger partial charge on any atom is 0.184 e. The highest BCUT2D eigenvalue weighted by Crippen LogP contribution is 2.10. The Hall–Kier alpha value is -1.60. The topological polar surface area (TPSA) is 47.8 Å². The highest BCUT2D eigenvalue weighted by Gasteiger charge is 1.96. The Bertz CT molecular complexity index is 368. The molecule has 4 heteroatoms. The lowest BCUT2D eigenvalue weighted by Gasteiger charge is -2.06. The van der Waals surface area contributed by atoms with E-state index in [0.717, 1.165) is 12.1 Å². The van der Waals surface area contributed by atoms with Crippen LogP contribution in [0.5, 0.6) is 0 Å². The van der Waals surface area contributed by atoms with Gasteiger partial charge in [-0.3, -0.25) is 5.32 Å². The van der Waals surface area contributed by atoms with Gasteiger partial charge in [0.1, 0.15) is 0 Å². The first-order valence-corrected chi connectivity index (χ1v) is 4.72. The summed E-state index contributed by atoms with van der Waals surface area (Å²) in [4.78, 5) is 0. The van der Waals surface area contributed by atoms with Crippen LogP contribution in [0.15, 0.2) is 24.3 Å². The second-order valence-electron chi connectivity index (χ2n) is 2.74. The first-order chi connectivity index (χ1) is 6.76. The van der Waals surface area contributed by atoms with Gasteiger partial charge in [0, 0.05) is 5.69 Å². The molecular weight excluding hydrogens is 194 g/mol. The van der Waals surface area contributed by atoms with Gasteiger partial charge in [-0.15, -0.1) is 0 Å². The quantitative estimate of drug-likeness (QED) is 0.440. The predicted octanol–water partition coefficient (Wildman–Crippen LogP) is 2.02. The van der Waals surface area contributed by atoms with E-state index in [-0.39, 0.29) is 0 Å². The van der Waals surface area contributed by atoms with Gasteiger partial charge in [-0.1, -0.05) is 19.1 Å². The number of nitriles is 1. The number of aryl methyl sites for hydroxylation is 1. The van der Waals surface area contributed by atoms with Crippen LogP contribution in [0.25, 0.3) is 0 Å². The van der Waals surface area contributed by atoms with Gasteiger partial charge >= 0.3 is 0 Å². The molecule has 0 bridgehead atoms. The maximum absolute atomic E-state index is 8.33. The Morgan fingerprint density at radius 3 is 3.00 bits per heavy atom. The first kappa shape index (κ1) is 10.5. The van der Waals surface area contributed by atoms with Gasteiger partial charge in [0.05, 0.1) is 0 Å². The Labute approximate surface area is 88.7 Å². The van der Waals surface area contributed by atoms with Crippen LogP contribution >= 0.6 is 12.2 Å². The SMILES string of the molecule is CCc1cccc(NC(=S)NC#N)c1. The van der Waals surface area contributed by atoms with Crippen molar-refractivity contribution in [1.29, 1.82) is 5.26 Å². The summed E-state index contributed by atoms with van der Waals surface area (Å²) in [5.41, 5.74) is 2.13. The Balaban J connectivity index is 2.68. The number of hydrogen-bond acceptors (Lipinski definition) is 2. The van der Waals surface area contributed by atoms with Crippen molar-refractivity contribution >= 4 is 23.0 Å². The van der Waals surface area contributed by atoms with E-state index >= 15 is 0 Å². The summed E-state index contributed by atoms with van der Waals surface area (Å²) in [5.74, 6) is 0. The molecule has 0 radical (unpaired) electrons. The van der Waals surface area contributed by atoms with E-state index in [1.807, 2.05) is 24.3 Å². The van der Waals surface area contributed by atoms with Crippen LogP contribution in [-0.2, 0) is 6.42 Å². The largest absolute Gasteiger partial charge is 0.332 e. The van der Waals surface area contributed by atoms with E-state index in [4.69, 9.17) is 17.5 Å². The molecule has 0 spiro atoms. The number of benzene rings is 1. The Kier molecular flexibility index (Phi) is 3.89. The fourth-order valence-corrected chi connectivity index (χ4v) is 1.25. The smallest absolute Gasteiger partial charge is 0.184 e. The predicted molar refractivity (Wildman–Crippen MR) is 60.8 cm³/mol. The van der Waals surface area contributed by atoms with Gasteiger partial charge in [-0.2, -0.15) is 5.26 Å². The number of nitrogens with zero attached hydrogens (tertiary/aromatic N) is 1. The zero-order valence-corrected chi connectivity index (χ0v) is 8.69. The molecule has 0 saturated carbocycles. The van der Waals surface area contributed by atoms with Crippen LogP contribution in [0.1, 0.15) is 12.5 Å². The molecule has 0 fully saturated rings. The van der Waals surface area contributed by atoms with E-state index in [0.29, 0.717) is 5.11 Å². The van der Waals surface area contributed by atoms with Crippen molar-refractivity contribution in [1.82, 2.24) is 5.32 Å². The van der Waals surface area contributed by atoms with Crippen molar-refractivity contribution in [2.24, 2.45) is 0 Å². The maximum atomic E-state index is 8.33. The summed E-state index contributed by atoms with van der Waals surface area (Å²) < 4.78 is 0. The average molecular weight is 205 g/mol. The molecule has 0 unspecified atom stereocenters. The fraction of sp³-hybridized carbons (Fsp3) is 0.200. The molecule has 14 heavy (non-hydrogen) atoms. The molecule has 0 heterocycles. The van der Waals surface area contributed by atoms with Gasteiger partial charge in [-0.25, -0.2) is 0 Å². The monoisotopic (exact) mass is 205 g/mol. The van der Waals surface area contributed by atoms with Crippen LogP contribution in [0.3, 0.4) is 0 Å². The van der Waals surface area contributed by atoms with Crippen LogP contribution < -0.4 is 10.6 Å². The third-order valence-electron chi connectivity index (χ3n) is 1.76. The molecule has 1 aromatic rings. The number of thiocarbonyl (C=S) groups is 1. The number of nitrogens with one attached hydrogen (secondary N) is 2. The first-order valence-electron chi connectivity index (χ1n) is 4.31. The van der Waals surface area contributed by atoms with Crippen LogP contribution in [0.4, 0.5) is 5.69 Å². The molecule has 0 aliphatic heterocycles. The minimum Gasteiger partial charge on any atom is -0.332 e. The summed E-state index contributed by atoms with van der Waals surface area (Å²) in [5, 5.41) is 13.9. The van der Waals surface area contributed by atoms with Crippen molar-refractivity contribution in [3.05, 3.63) is 29.8 Å². The standard InChI is InChI=1S/C10H11N3S/c1-2-8-4-3-5-9(6-8)13-10(14)12-7-11/h3-6H,2H2,1H3,(H2,12,13,14). The van der Waals surface area contributed by atoms with Crippen LogP contribution in [0, 0.1) is 11.5 Å². The lowest BCUT2D eigenvalue weighted by Crippen LogP contribution is -2.23. The van der Waals surface area contributed by atoms with Crippen LogP contribution in [0.2, 0.25) is 0 Å². The van der Waals surface area contributed by atoms with Crippen molar-refractivity contribution in [3.63, 3.8) is 0 Å². The second kappa shape index (κ2) is 5.20. The molecule has 0 amide bonds. The molecule has 0 aromatic heterocycles. The molecule has 1 rings (SSSR count). The summed E-state index contributed by atoms with van der Waals surface area (Å²) in [6.45, 7) is 2.09. The normalized spacial score (nSPS) is 8.86. The summed E-state index contributed by atoms with van der Waals surface area (Å²) in [6, 6.07) is 7.91. The molecule has 3 nitrogen and oxygen atoms in total. The van der Waals surface area contributed by atoms with Gasteiger partial charge in [0.25, 0.3) is 0 Å². The summed E-state index contributed by atoms with van der Waals surface area (Å²) in [6.07, 6.45) is 2.74. The van der Waals surface area contributed by atoms with Crippen molar-refractivity contribution in [2.45, 2.75) is 13.3 Å². The highest BCUT2D eigenvalue weighted by molar-refractivity contribution is 7.80. The highest BCUT2D eigenvalue weighted by atomic mass is 32.1. The fourth-order valence-electron chi connectivity index (χ4n) is 1.08. The third kappa shape index (κ3) is 3.04. The van der Waals surface area contributed by atoms with Gasteiger partial charge in [0.2, 0.25) is 0 Å². The molecule has 0 aliphatic carbocycles. The van der Waals surface area contributed by atoms with Crippen molar-refractivity contribution in [2.75, 3.05) is 5.32 Å². The average Bonchev–Trinajstić information content (AvgIpc) is 2.18. The van der Waals surface area contributed by atoms with E-state index in [1.165, 1.54) is 5.56 Å². The number of anilines is 1. The number of rotatable bonds is 2. The number of hydrogen-bond donors (Lipinski definition) is 2. The zero-order valence-electron chi connectivity index (χ0n) is 7.87. The molecule has 2 N–H and O–H groups in total.